The molecule has 0 saturated carbocycles. The van der Waals surface area contributed by atoms with Gasteiger partial charge in [0.1, 0.15) is 5.00 Å². The number of esters is 1. The number of rotatable bonds is 12. The lowest BCUT2D eigenvalue weighted by molar-refractivity contribution is -0.142. The molecule has 1 aromatic carbocycles. The number of ether oxygens (including phenoxy) is 3. The Balaban J connectivity index is 1.90. The van der Waals surface area contributed by atoms with Crippen molar-refractivity contribution < 1.29 is 28.6 Å². The van der Waals surface area contributed by atoms with Crippen LogP contribution in [0.1, 0.15) is 42.6 Å². The molecule has 0 aliphatic rings. The minimum atomic E-state index is -0.683. The Bertz CT molecular complexity index is 938. The van der Waals surface area contributed by atoms with E-state index in [1.807, 2.05) is 6.92 Å². The maximum atomic E-state index is 11.9. The van der Waals surface area contributed by atoms with Crippen molar-refractivity contribution >= 4 is 40.2 Å². The van der Waals surface area contributed by atoms with Crippen molar-refractivity contribution in [2.45, 2.75) is 26.7 Å². The molecule has 0 atom stereocenters. The van der Waals surface area contributed by atoms with E-state index in [9.17, 15) is 14.4 Å². The number of amides is 2. The van der Waals surface area contributed by atoms with E-state index in [1.54, 1.807) is 29.7 Å². The summed E-state index contributed by atoms with van der Waals surface area (Å²) >= 11 is 1.15. The Morgan fingerprint density at radius 1 is 1.13 bits per heavy atom. The number of anilines is 1. The number of benzene rings is 1. The average Bonchev–Trinajstić information content (AvgIpc) is 3.21. The van der Waals surface area contributed by atoms with E-state index >= 15 is 0 Å². The van der Waals surface area contributed by atoms with Crippen LogP contribution in [0.15, 0.2) is 35.7 Å². The highest BCUT2D eigenvalue weighted by Crippen LogP contribution is 2.29. The first-order chi connectivity index (χ1) is 14.9. The zero-order valence-electron chi connectivity index (χ0n) is 17.5. The average molecular weight is 447 g/mol. The molecule has 31 heavy (non-hydrogen) atoms. The van der Waals surface area contributed by atoms with Gasteiger partial charge in [-0.15, -0.1) is 11.3 Å². The predicted octanol–water partition coefficient (Wildman–Crippen LogP) is 3.62. The van der Waals surface area contributed by atoms with Gasteiger partial charge in [0.25, 0.3) is 11.8 Å². The molecule has 8 nitrogen and oxygen atoms in total. The minimum Gasteiger partial charge on any atom is -0.490 e. The van der Waals surface area contributed by atoms with Crippen molar-refractivity contribution in [3.05, 3.63) is 46.8 Å². The lowest BCUT2D eigenvalue weighted by Gasteiger charge is -2.12. The van der Waals surface area contributed by atoms with Crippen molar-refractivity contribution in [2.75, 3.05) is 25.1 Å². The first kappa shape index (κ1) is 23.9. The Morgan fingerprint density at radius 3 is 2.65 bits per heavy atom. The largest absolute Gasteiger partial charge is 0.490 e. The van der Waals surface area contributed by atoms with Crippen LogP contribution in [-0.2, 0) is 14.3 Å². The molecule has 0 spiro atoms. The summed E-state index contributed by atoms with van der Waals surface area (Å²) < 4.78 is 16.3. The molecule has 1 aromatic heterocycles. The molecule has 0 aliphatic heterocycles. The summed E-state index contributed by atoms with van der Waals surface area (Å²) in [5.74, 6) is -0.661. The number of thiophene rings is 1. The lowest BCUT2D eigenvalue weighted by atomic mass is 10.2. The van der Waals surface area contributed by atoms with E-state index in [0.29, 0.717) is 29.7 Å². The van der Waals surface area contributed by atoms with Crippen LogP contribution in [0.4, 0.5) is 5.00 Å². The fourth-order valence-corrected chi connectivity index (χ4v) is 3.26. The molecule has 0 fully saturated rings. The Labute approximate surface area is 185 Å². The monoisotopic (exact) mass is 446 g/mol. The van der Waals surface area contributed by atoms with Gasteiger partial charge in [0.05, 0.1) is 18.8 Å². The molecule has 9 heteroatoms. The first-order valence-electron chi connectivity index (χ1n) is 9.86. The van der Waals surface area contributed by atoms with Crippen LogP contribution in [0.3, 0.4) is 0 Å². The Hall–Kier alpha value is -3.33. The van der Waals surface area contributed by atoms with Crippen molar-refractivity contribution in [1.29, 1.82) is 0 Å². The van der Waals surface area contributed by atoms with Crippen LogP contribution in [-0.4, -0.2) is 37.6 Å². The topological polar surface area (TPSA) is 117 Å². The van der Waals surface area contributed by atoms with Gasteiger partial charge in [-0.1, -0.05) is 19.4 Å². The van der Waals surface area contributed by atoms with Crippen LogP contribution in [0.2, 0.25) is 0 Å². The van der Waals surface area contributed by atoms with Crippen molar-refractivity contribution in [3.8, 4) is 11.5 Å². The van der Waals surface area contributed by atoms with Gasteiger partial charge in [0.15, 0.2) is 18.1 Å². The number of nitrogens with one attached hydrogen (secondary N) is 1. The molecule has 0 bridgehead atoms. The van der Waals surface area contributed by atoms with Gasteiger partial charge in [0.2, 0.25) is 0 Å². The van der Waals surface area contributed by atoms with E-state index in [-0.39, 0.29) is 5.56 Å². The van der Waals surface area contributed by atoms with Gasteiger partial charge in [-0.05, 0) is 48.6 Å². The van der Waals surface area contributed by atoms with Gasteiger partial charge in [-0.25, -0.2) is 4.79 Å². The number of carbonyl (C=O) groups excluding carboxylic acids is 3. The van der Waals surface area contributed by atoms with Crippen LogP contribution in [0.5, 0.6) is 11.5 Å². The summed E-state index contributed by atoms with van der Waals surface area (Å²) in [6.07, 6.45) is 4.76. The van der Waals surface area contributed by atoms with Gasteiger partial charge in [-0.2, -0.15) is 0 Å². The lowest BCUT2D eigenvalue weighted by Crippen LogP contribution is -2.21. The normalized spacial score (nSPS) is 10.6. The second-order valence-corrected chi connectivity index (χ2v) is 7.27. The highest BCUT2D eigenvalue weighted by atomic mass is 32.1. The Morgan fingerprint density at radius 2 is 1.94 bits per heavy atom. The number of nitrogens with two attached hydrogens (primary N) is 1. The number of carbonyl (C=O) groups is 3. The van der Waals surface area contributed by atoms with E-state index < -0.39 is 24.4 Å². The summed E-state index contributed by atoms with van der Waals surface area (Å²) in [5.41, 5.74) is 6.15. The summed E-state index contributed by atoms with van der Waals surface area (Å²) in [4.78, 5) is 35.1. The van der Waals surface area contributed by atoms with Gasteiger partial charge < -0.3 is 25.3 Å². The number of hydrogen-bond donors (Lipinski definition) is 2. The minimum absolute atomic E-state index is 0.205. The predicted molar refractivity (Wildman–Crippen MR) is 119 cm³/mol. The third kappa shape index (κ3) is 7.78. The molecule has 2 rings (SSSR count). The number of hydrogen-bond acceptors (Lipinski definition) is 7. The second-order valence-electron chi connectivity index (χ2n) is 6.36. The molecule has 2 amide bonds. The van der Waals surface area contributed by atoms with Crippen molar-refractivity contribution in [3.63, 3.8) is 0 Å². The SMILES string of the molecule is CCCCOc1ccc(/C=C/C(=O)OCC(=O)Nc2sccc2C(N)=O)cc1OCC. The standard InChI is InChI=1S/C22H26N2O6S/c1-3-5-11-29-17-8-6-15(13-18(17)28-4-2)7-9-20(26)30-14-19(25)24-22-16(21(23)27)10-12-31-22/h6-10,12-13H,3-5,11,14H2,1-2H3,(H2,23,27)(H,24,25)/b9-7+. The maximum absolute atomic E-state index is 11.9. The van der Waals surface area contributed by atoms with E-state index in [0.717, 1.165) is 29.7 Å². The van der Waals surface area contributed by atoms with E-state index in [1.165, 1.54) is 12.1 Å². The molecule has 0 unspecified atom stereocenters. The maximum Gasteiger partial charge on any atom is 0.331 e. The highest BCUT2D eigenvalue weighted by Gasteiger charge is 2.13. The molecule has 1 heterocycles. The number of primary amides is 1. The summed E-state index contributed by atoms with van der Waals surface area (Å²) in [7, 11) is 0. The Kier molecular flexibility index (Phi) is 9.57. The van der Waals surface area contributed by atoms with Crippen LogP contribution in [0.25, 0.3) is 6.08 Å². The zero-order chi connectivity index (χ0) is 22.6. The van der Waals surface area contributed by atoms with Crippen molar-refractivity contribution in [2.24, 2.45) is 5.73 Å². The van der Waals surface area contributed by atoms with Gasteiger partial charge in [-0.3, -0.25) is 9.59 Å². The van der Waals surface area contributed by atoms with E-state index in [4.69, 9.17) is 19.9 Å². The summed E-state index contributed by atoms with van der Waals surface area (Å²) in [5, 5.41) is 4.44. The number of unbranched alkanes of at least 4 members (excludes halogenated alkanes) is 1. The van der Waals surface area contributed by atoms with Gasteiger partial charge in [0, 0.05) is 6.08 Å². The molecule has 166 valence electrons. The molecule has 2 aromatic rings. The van der Waals surface area contributed by atoms with Crippen LogP contribution < -0.4 is 20.5 Å². The molecular weight excluding hydrogens is 420 g/mol. The fraction of sp³-hybridized carbons (Fsp3) is 0.318. The third-order valence-electron chi connectivity index (χ3n) is 3.96. The van der Waals surface area contributed by atoms with E-state index in [2.05, 4.69) is 12.2 Å². The summed E-state index contributed by atoms with van der Waals surface area (Å²) in [6.45, 7) is 4.56. The zero-order valence-corrected chi connectivity index (χ0v) is 18.3. The molecule has 0 radical (unpaired) electrons. The first-order valence-corrected chi connectivity index (χ1v) is 10.7. The molecule has 0 aliphatic carbocycles. The van der Waals surface area contributed by atoms with Crippen LogP contribution >= 0.6 is 11.3 Å². The highest BCUT2D eigenvalue weighted by molar-refractivity contribution is 7.14. The molecular formula is C22H26N2O6S. The third-order valence-corrected chi connectivity index (χ3v) is 4.79. The van der Waals surface area contributed by atoms with Crippen LogP contribution in [0, 0.1) is 0 Å². The van der Waals surface area contributed by atoms with Crippen molar-refractivity contribution in [1.82, 2.24) is 0 Å². The molecule has 0 saturated heterocycles. The smallest absolute Gasteiger partial charge is 0.331 e. The fourth-order valence-electron chi connectivity index (χ4n) is 2.45. The van der Waals surface area contributed by atoms with Gasteiger partial charge >= 0.3 is 5.97 Å². The second kappa shape index (κ2) is 12.4. The quantitative estimate of drug-likeness (QED) is 0.292. The summed E-state index contributed by atoms with van der Waals surface area (Å²) in [6, 6.07) is 6.86. The molecule has 3 N–H and O–H groups in total.